The van der Waals surface area contributed by atoms with Gasteiger partial charge in [-0.15, -0.1) is 0 Å². The Bertz CT molecular complexity index is 800. The molecule has 0 aromatic heterocycles. The fourth-order valence-corrected chi connectivity index (χ4v) is 3.21. The summed E-state index contributed by atoms with van der Waals surface area (Å²) < 4.78 is 41.0. The first-order valence-corrected chi connectivity index (χ1v) is 9.63. The van der Waals surface area contributed by atoms with Crippen LogP contribution < -0.4 is 10.6 Å². The minimum atomic E-state index is -4.30. The highest BCUT2D eigenvalue weighted by molar-refractivity contribution is 5.79. The molecule has 1 aliphatic rings. The number of aliphatic imine (C=N–C) groups is 1. The van der Waals surface area contributed by atoms with Gasteiger partial charge in [0.2, 0.25) is 0 Å². The third-order valence-electron chi connectivity index (χ3n) is 5.07. The zero-order chi connectivity index (χ0) is 20.7. The van der Waals surface area contributed by atoms with E-state index in [-0.39, 0.29) is 12.0 Å². The van der Waals surface area contributed by atoms with E-state index in [2.05, 4.69) is 44.6 Å². The predicted octanol–water partition coefficient (Wildman–Crippen LogP) is 4.16. The highest BCUT2D eigenvalue weighted by atomic mass is 19.4. The summed E-state index contributed by atoms with van der Waals surface area (Å²) in [5, 5.41) is 6.69. The average Bonchev–Trinajstić information content (AvgIpc) is 3.50. The third kappa shape index (κ3) is 6.49. The Balaban J connectivity index is 1.44. The Labute approximate surface area is 169 Å². The van der Waals surface area contributed by atoms with Crippen LogP contribution >= 0.6 is 0 Å². The molecule has 3 rings (SSSR count). The zero-order valence-electron chi connectivity index (χ0n) is 16.4. The largest absolute Gasteiger partial charge is 0.411 e. The van der Waals surface area contributed by atoms with E-state index in [1.807, 2.05) is 18.2 Å². The maximum absolute atomic E-state index is 12.1. The molecule has 1 fully saturated rings. The lowest BCUT2D eigenvalue weighted by molar-refractivity contribution is -0.176. The summed E-state index contributed by atoms with van der Waals surface area (Å²) in [6.45, 7) is 0.106. The van der Waals surface area contributed by atoms with Crippen molar-refractivity contribution in [2.24, 2.45) is 4.99 Å². The first kappa shape index (κ1) is 21.2. The van der Waals surface area contributed by atoms with Crippen LogP contribution in [0.2, 0.25) is 0 Å². The van der Waals surface area contributed by atoms with Crippen LogP contribution in [0.15, 0.2) is 59.6 Å². The molecule has 1 aliphatic carbocycles. The van der Waals surface area contributed by atoms with Gasteiger partial charge in [0, 0.05) is 25.6 Å². The van der Waals surface area contributed by atoms with Gasteiger partial charge >= 0.3 is 6.18 Å². The van der Waals surface area contributed by atoms with Crippen LogP contribution in [0.5, 0.6) is 0 Å². The number of nitrogens with zero attached hydrogens (tertiary/aromatic N) is 1. The predicted molar refractivity (Wildman–Crippen MR) is 108 cm³/mol. The molecular weight excluding hydrogens is 379 g/mol. The highest BCUT2D eigenvalue weighted by Gasteiger charge is 2.43. The summed E-state index contributed by atoms with van der Waals surface area (Å²) in [7, 11) is 1.73. The van der Waals surface area contributed by atoms with Crippen molar-refractivity contribution < 1.29 is 17.9 Å². The van der Waals surface area contributed by atoms with Gasteiger partial charge in [0.15, 0.2) is 5.96 Å². The summed E-state index contributed by atoms with van der Waals surface area (Å²) in [5.74, 6) is 0.727. The average molecular weight is 405 g/mol. The van der Waals surface area contributed by atoms with E-state index < -0.39 is 12.8 Å². The molecule has 0 amide bonds. The summed E-state index contributed by atoms with van der Waals surface area (Å²) in [5.41, 5.74) is 3.26. The summed E-state index contributed by atoms with van der Waals surface area (Å²) >= 11 is 0. The maximum atomic E-state index is 12.1. The van der Waals surface area contributed by atoms with Crippen LogP contribution in [-0.2, 0) is 23.3 Å². The van der Waals surface area contributed by atoms with Gasteiger partial charge in [-0.3, -0.25) is 4.99 Å². The molecule has 0 unspecified atom stereocenters. The first-order chi connectivity index (χ1) is 13.9. The fourth-order valence-electron chi connectivity index (χ4n) is 3.21. The third-order valence-corrected chi connectivity index (χ3v) is 5.07. The number of hydrogen-bond acceptors (Lipinski definition) is 2. The molecule has 7 heteroatoms. The number of benzene rings is 2. The van der Waals surface area contributed by atoms with Gasteiger partial charge in [-0.05, 0) is 29.5 Å². The van der Waals surface area contributed by atoms with Crippen molar-refractivity contribution in [1.29, 1.82) is 0 Å². The topological polar surface area (TPSA) is 45.7 Å². The molecule has 0 spiro atoms. The number of rotatable bonds is 8. The molecular formula is C22H26F3N3O. The van der Waals surface area contributed by atoms with E-state index in [0.717, 1.165) is 18.1 Å². The van der Waals surface area contributed by atoms with Gasteiger partial charge in [-0.1, -0.05) is 54.6 Å². The number of nitrogens with one attached hydrogen (secondary N) is 2. The Morgan fingerprint density at radius 3 is 2.24 bits per heavy atom. The van der Waals surface area contributed by atoms with Crippen LogP contribution in [0, 0.1) is 0 Å². The second-order valence-corrected chi connectivity index (χ2v) is 7.35. The van der Waals surface area contributed by atoms with Crippen LogP contribution in [0.25, 0.3) is 0 Å². The molecule has 2 aromatic carbocycles. The number of guanidine groups is 1. The molecule has 0 heterocycles. The highest BCUT2D eigenvalue weighted by Crippen LogP contribution is 2.47. The van der Waals surface area contributed by atoms with E-state index in [1.54, 1.807) is 19.2 Å². The van der Waals surface area contributed by atoms with Crippen molar-refractivity contribution in [3.8, 4) is 0 Å². The standard InChI is InChI=1S/C22H26F3N3O/c1-26-20(28-15-21(11-12-21)19-5-3-2-4-6-19)27-13-17-7-9-18(10-8-17)14-29-16-22(23,24)25/h2-10H,11-16H2,1H3,(H2,26,27,28). The normalized spacial score (nSPS) is 15.8. The zero-order valence-corrected chi connectivity index (χ0v) is 16.4. The number of hydrogen-bond donors (Lipinski definition) is 2. The maximum Gasteiger partial charge on any atom is 0.411 e. The van der Waals surface area contributed by atoms with Crippen molar-refractivity contribution in [2.75, 3.05) is 20.2 Å². The van der Waals surface area contributed by atoms with E-state index in [4.69, 9.17) is 0 Å². The van der Waals surface area contributed by atoms with E-state index in [9.17, 15) is 13.2 Å². The quantitative estimate of drug-likeness (QED) is 0.512. The summed E-state index contributed by atoms with van der Waals surface area (Å²) in [4.78, 5) is 4.28. The Morgan fingerprint density at radius 2 is 1.66 bits per heavy atom. The molecule has 0 atom stereocenters. The fraction of sp³-hybridized carbons (Fsp3) is 0.409. The number of ether oxygens (including phenoxy) is 1. The Kier molecular flexibility index (Phi) is 6.79. The van der Waals surface area contributed by atoms with Crippen molar-refractivity contribution in [3.05, 3.63) is 71.3 Å². The first-order valence-electron chi connectivity index (χ1n) is 9.63. The smallest absolute Gasteiger partial charge is 0.367 e. The van der Waals surface area contributed by atoms with Crippen molar-refractivity contribution in [1.82, 2.24) is 10.6 Å². The van der Waals surface area contributed by atoms with Crippen molar-refractivity contribution >= 4 is 5.96 Å². The monoisotopic (exact) mass is 405 g/mol. The SMILES string of the molecule is CN=C(NCc1ccc(COCC(F)(F)F)cc1)NCC1(c2ccccc2)CC1. The summed E-state index contributed by atoms with van der Waals surface area (Å²) in [6, 6.07) is 17.8. The lowest BCUT2D eigenvalue weighted by atomic mass is 9.96. The summed E-state index contributed by atoms with van der Waals surface area (Å²) in [6.07, 6.45) is -1.97. The molecule has 0 aliphatic heterocycles. The Hall–Kier alpha value is -2.54. The minimum Gasteiger partial charge on any atom is -0.367 e. The van der Waals surface area contributed by atoms with E-state index in [0.29, 0.717) is 12.1 Å². The lowest BCUT2D eigenvalue weighted by Gasteiger charge is -2.19. The molecule has 0 radical (unpaired) electrons. The van der Waals surface area contributed by atoms with Crippen LogP contribution in [0.1, 0.15) is 29.5 Å². The van der Waals surface area contributed by atoms with Crippen molar-refractivity contribution in [2.45, 2.75) is 37.6 Å². The van der Waals surface area contributed by atoms with Gasteiger partial charge in [-0.2, -0.15) is 13.2 Å². The van der Waals surface area contributed by atoms with E-state index in [1.165, 1.54) is 18.4 Å². The molecule has 4 nitrogen and oxygen atoms in total. The molecule has 156 valence electrons. The molecule has 0 saturated heterocycles. The van der Waals surface area contributed by atoms with Gasteiger partial charge in [0.1, 0.15) is 6.61 Å². The lowest BCUT2D eigenvalue weighted by Crippen LogP contribution is -2.40. The minimum absolute atomic E-state index is 0.0575. The van der Waals surface area contributed by atoms with Gasteiger partial charge < -0.3 is 15.4 Å². The molecule has 0 bridgehead atoms. The molecule has 29 heavy (non-hydrogen) atoms. The Morgan fingerprint density at radius 1 is 1.00 bits per heavy atom. The molecule has 1 saturated carbocycles. The second kappa shape index (κ2) is 9.31. The number of alkyl halides is 3. The van der Waals surface area contributed by atoms with Crippen LogP contribution in [0.4, 0.5) is 13.2 Å². The van der Waals surface area contributed by atoms with Gasteiger partial charge in [-0.25, -0.2) is 0 Å². The van der Waals surface area contributed by atoms with Gasteiger partial charge in [0.25, 0.3) is 0 Å². The van der Waals surface area contributed by atoms with Gasteiger partial charge in [0.05, 0.1) is 6.61 Å². The van der Waals surface area contributed by atoms with E-state index >= 15 is 0 Å². The molecule has 2 aromatic rings. The van der Waals surface area contributed by atoms with Crippen molar-refractivity contribution in [3.63, 3.8) is 0 Å². The van der Waals surface area contributed by atoms with Crippen LogP contribution in [-0.4, -0.2) is 32.3 Å². The second-order valence-electron chi connectivity index (χ2n) is 7.35. The van der Waals surface area contributed by atoms with Crippen LogP contribution in [0.3, 0.4) is 0 Å². The molecule has 2 N–H and O–H groups in total. The number of halogens is 3.